The minimum Gasteiger partial charge on any atom is -0.384 e. The molecule has 0 fully saturated rings. The first-order valence-electron chi connectivity index (χ1n) is 5.81. The van der Waals surface area contributed by atoms with Gasteiger partial charge in [-0.2, -0.15) is 5.26 Å². The molecule has 5 nitrogen and oxygen atoms in total. The molecule has 0 radical (unpaired) electrons. The maximum absolute atomic E-state index is 9.23. The van der Waals surface area contributed by atoms with Crippen LogP contribution in [0.1, 0.15) is 5.56 Å². The first kappa shape index (κ1) is 11.2. The van der Waals surface area contributed by atoms with Gasteiger partial charge in [0.2, 0.25) is 0 Å². The van der Waals surface area contributed by atoms with E-state index in [0.717, 1.165) is 11.0 Å². The molecule has 0 saturated carbocycles. The summed E-state index contributed by atoms with van der Waals surface area (Å²) < 4.78 is 1.75. The zero-order valence-electron chi connectivity index (χ0n) is 10.2. The second kappa shape index (κ2) is 4.10. The molecule has 0 unspecified atom stereocenters. The minimum absolute atomic E-state index is 0.370. The maximum atomic E-state index is 9.23. The SMILES string of the molecule is C=CCn1c(N)c(C#N)c2nc3ccccc3nc21. The van der Waals surface area contributed by atoms with Gasteiger partial charge in [-0.25, -0.2) is 9.97 Å². The average Bonchev–Trinajstić information content (AvgIpc) is 2.69. The molecule has 0 amide bonds. The Morgan fingerprint density at radius 1 is 1.32 bits per heavy atom. The van der Waals surface area contributed by atoms with Gasteiger partial charge in [0.15, 0.2) is 5.65 Å². The average molecular weight is 249 g/mol. The zero-order valence-corrected chi connectivity index (χ0v) is 10.2. The Hall–Kier alpha value is -2.87. The fraction of sp³-hybridized carbons (Fsp3) is 0.0714. The molecule has 1 aromatic carbocycles. The van der Waals surface area contributed by atoms with Crippen molar-refractivity contribution in [2.24, 2.45) is 0 Å². The van der Waals surface area contributed by atoms with E-state index in [4.69, 9.17) is 5.73 Å². The number of rotatable bonds is 2. The van der Waals surface area contributed by atoms with Crippen molar-refractivity contribution in [1.82, 2.24) is 14.5 Å². The van der Waals surface area contributed by atoms with Crippen LogP contribution in [-0.2, 0) is 6.54 Å². The number of allylic oxidation sites excluding steroid dienone is 1. The van der Waals surface area contributed by atoms with Crippen molar-refractivity contribution in [3.63, 3.8) is 0 Å². The molecule has 0 atom stereocenters. The smallest absolute Gasteiger partial charge is 0.162 e. The molecule has 92 valence electrons. The van der Waals surface area contributed by atoms with Crippen molar-refractivity contribution in [2.45, 2.75) is 6.54 Å². The molecule has 0 spiro atoms. The van der Waals surface area contributed by atoms with Gasteiger partial charge in [0.1, 0.15) is 23.0 Å². The van der Waals surface area contributed by atoms with E-state index in [1.807, 2.05) is 24.3 Å². The number of nitrogens with two attached hydrogens (primary N) is 1. The van der Waals surface area contributed by atoms with Gasteiger partial charge in [0, 0.05) is 6.54 Å². The number of nitrogen functional groups attached to an aromatic ring is 1. The number of nitrogens with zero attached hydrogens (tertiary/aromatic N) is 4. The summed E-state index contributed by atoms with van der Waals surface area (Å²) in [5.74, 6) is 0.382. The molecule has 2 heterocycles. The first-order valence-corrected chi connectivity index (χ1v) is 5.81. The quantitative estimate of drug-likeness (QED) is 0.706. The number of fused-ring (bicyclic) bond motifs is 2. The third-order valence-electron chi connectivity index (χ3n) is 3.02. The molecule has 0 saturated heterocycles. The number of benzene rings is 1. The van der Waals surface area contributed by atoms with Gasteiger partial charge in [-0.1, -0.05) is 18.2 Å². The molecule has 2 N–H and O–H groups in total. The summed E-state index contributed by atoms with van der Waals surface area (Å²) in [6.07, 6.45) is 1.72. The van der Waals surface area contributed by atoms with Gasteiger partial charge in [0.05, 0.1) is 11.0 Å². The lowest BCUT2D eigenvalue weighted by molar-refractivity contribution is 0.864. The van der Waals surface area contributed by atoms with Crippen LogP contribution >= 0.6 is 0 Å². The maximum Gasteiger partial charge on any atom is 0.162 e. The van der Waals surface area contributed by atoms with E-state index in [-0.39, 0.29) is 0 Å². The number of aromatic nitrogens is 3. The largest absolute Gasteiger partial charge is 0.384 e. The van der Waals surface area contributed by atoms with Crippen LogP contribution < -0.4 is 5.73 Å². The van der Waals surface area contributed by atoms with Crippen LogP contribution in [0.25, 0.3) is 22.2 Å². The number of hydrogen-bond donors (Lipinski definition) is 1. The fourth-order valence-corrected chi connectivity index (χ4v) is 2.14. The highest BCUT2D eigenvalue weighted by Gasteiger charge is 2.17. The van der Waals surface area contributed by atoms with Crippen LogP contribution in [0.4, 0.5) is 5.82 Å². The summed E-state index contributed by atoms with van der Waals surface area (Å²) in [5.41, 5.74) is 9.05. The Kier molecular flexibility index (Phi) is 2.43. The van der Waals surface area contributed by atoms with Crippen LogP contribution in [0.2, 0.25) is 0 Å². The predicted octanol–water partition coefficient (Wildman–Crippen LogP) is 2.22. The summed E-state index contributed by atoms with van der Waals surface area (Å²) in [6.45, 7) is 4.19. The van der Waals surface area contributed by atoms with Crippen molar-refractivity contribution in [2.75, 3.05) is 5.73 Å². The summed E-state index contributed by atoms with van der Waals surface area (Å²) in [7, 11) is 0. The lowest BCUT2D eigenvalue weighted by atomic mass is 10.2. The predicted molar refractivity (Wildman–Crippen MR) is 74.4 cm³/mol. The van der Waals surface area contributed by atoms with E-state index < -0.39 is 0 Å². The van der Waals surface area contributed by atoms with E-state index in [1.54, 1.807) is 10.6 Å². The highest BCUT2D eigenvalue weighted by atomic mass is 15.1. The molecule has 0 aliphatic carbocycles. The lowest BCUT2D eigenvalue weighted by Crippen LogP contribution is -2.02. The topological polar surface area (TPSA) is 80.5 Å². The van der Waals surface area contributed by atoms with Gasteiger partial charge in [0.25, 0.3) is 0 Å². The third kappa shape index (κ3) is 1.54. The Balaban J connectivity index is 2.49. The van der Waals surface area contributed by atoms with Crippen LogP contribution in [0, 0.1) is 11.3 Å². The molecular formula is C14H11N5. The van der Waals surface area contributed by atoms with Crippen molar-refractivity contribution in [3.05, 3.63) is 42.5 Å². The second-order valence-corrected chi connectivity index (χ2v) is 4.16. The monoisotopic (exact) mass is 249 g/mol. The lowest BCUT2D eigenvalue weighted by Gasteiger charge is -2.03. The summed E-state index contributed by atoms with van der Waals surface area (Å²) in [4.78, 5) is 9.04. The Labute approximate surface area is 109 Å². The number of hydrogen-bond acceptors (Lipinski definition) is 4. The Morgan fingerprint density at radius 2 is 2.00 bits per heavy atom. The minimum atomic E-state index is 0.370. The van der Waals surface area contributed by atoms with Crippen LogP contribution in [0.15, 0.2) is 36.9 Å². The van der Waals surface area contributed by atoms with Gasteiger partial charge in [-0.3, -0.25) is 0 Å². The fourth-order valence-electron chi connectivity index (χ4n) is 2.14. The van der Waals surface area contributed by atoms with Gasteiger partial charge >= 0.3 is 0 Å². The van der Waals surface area contributed by atoms with Crippen molar-refractivity contribution >= 4 is 28.0 Å². The zero-order chi connectivity index (χ0) is 13.4. The molecule has 0 bridgehead atoms. The molecular weight excluding hydrogens is 238 g/mol. The van der Waals surface area contributed by atoms with Crippen molar-refractivity contribution in [3.8, 4) is 6.07 Å². The highest BCUT2D eigenvalue weighted by Crippen LogP contribution is 2.26. The highest BCUT2D eigenvalue weighted by molar-refractivity contribution is 5.92. The first-order chi connectivity index (χ1) is 9.26. The molecule has 5 heteroatoms. The third-order valence-corrected chi connectivity index (χ3v) is 3.02. The normalized spacial score (nSPS) is 10.7. The number of anilines is 1. The molecule has 19 heavy (non-hydrogen) atoms. The summed E-state index contributed by atoms with van der Waals surface area (Å²) >= 11 is 0. The van der Waals surface area contributed by atoms with Crippen molar-refractivity contribution < 1.29 is 0 Å². The van der Waals surface area contributed by atoms with E-state index in [1.165, 1.54) is 0 Å². The second-order valence-electron chi connectivity index (χ2n) is 4.16. The van der Waals surface area contributed by atoms with Crippen LogP contribution in [0.3, 0.4) is 0 Å². The van der Waals surface area contributed by atoms with Crippen LogP contribution in [0.5, 0.6) is 0 Å². The summed E-state index contributed by atoms with van der Waals surface area (Å²) in [5, 5.41) is 9.23. The standard InChI is InChI=1S/C14H11N5/c1-2-7-19-13(16)9(8-15)12-14(19)18-11-6-4-3-5-10(11)17-12/h2-6H,1,7,16H2. The van der Waals surface area contributed by atoms with Gasteiger partial charge in [-0.15, -0.1) is 6.58 Å². The molecule has 3 aromatic rings. The Morgan fingerprint density at radius 3 is 2.63 bits per heavy atom. The van der Waals surface area contributed by atoms with Gasteiger partial charge in [-0.05, 0) is 12.1 Å². The van der Waals surface area contributed by atoms with Crippen molar-refractivity contribution in [1.29, 1.82) is 5.26 Å². The number of para-hydroxylation sites is 2. The molecule has 0 aliphatic heterocycles. The van der Waals surface area contributed by atoms with E-state index in [9.17, 15) is 5.26 Å². The van der Waals surface area contributed by atoms with E-state index >= 15 is 0 Å². The van der Waals surface area contributed by atoms with Gasteiger partial charge < -0.3 is 10.3 Å². The molecule has 3 rings (SSSR count). The van der Waals surface area contributed by atoms with E-state index in [2.05, 4.69) is 22.6 Å². The number of nitriles is 1. The molecule has 2 aromatic heterocycles. The summed E-state index contributed by atoms with van der Waals surface area (Å²) in [6, 6.07) is 9.64. The van der Waals surface area contributed by atoms with E-state index in [0.29, 0.717) is 29.1 Å². The molecule has 0 aliphatic rings. The van der Waals surface area contributed by atoms with Crippen LogP contribution in [-0.4, -0.2) is 14.5 Å². The Bertz CT molecular complexity index is 838.